The summed E-state index contributed by atoms with van der Waals surface area (Å²) in [6.07, 6.45) is 1.81. The van der Waals surface area contributed by atoms with Crippen LogP contribution in [0.25, 0.3) is 0 Å². The summed E-state index contributed by atoms with van der Waals surface area (Å²) in [7, 11) is 0. The Kier molecular flexibility index (Phi) is 5.35. The van der Waals surface area contributed by atoms with Crippen LogP contribution in [0.1, 0.15) is 54.5 Å². The normalized spacial score (nSPS) is 17.5. The maximum Gasteiger partial charge on any atom is 0.273 e. The molecule has 3 rings (SSSR count). The van der Waals surface area contributed by atoms with Crippen molar-refractivity contribution in [2.24, 2.45) is 5.92 Å². The van der Waals surface area contributed by atoms with Crippen LogP contribution in [0.2, 0.25) is 10.3 Å². The Balaban J connectivity index is 1.92. The molecule has 0 bridgehead atoms. The molecule has 0 spiro atoms. The molecule has 134 valence electrons. The second-order valence-electron chi connectivity index (χ2n) is 6.87. The van der Waals surface area contributed by atoms with Crippen LogP contribution in [0.3, 0.4) is 0 Å². The van der Waals surface area contributed by atoms with Gasteiger partial charge in [-0.25, -0.2) is 4.98 Å². The van der Waals surface area contributed by atoms with Crippen LogP contribution in [0.4, 0.5) is 0 Å². The molecule has 2 aromatic rings. The number of carbonyl (C=O) groups excluding carboxylic acids is 1. The van der Waals surface area contributed by atoms with Gasteiger partial charge in [-0.15, -0.1) is 0 Å². The molecule has 1 atom stereocenters. The highest BCUT2D eigenvalue weighted by Gasteiger charge is 2.35. The number of hydrogen-bond donors (Lipinski definition) is 0. The topological polar surface area (TPSA) is 51.0 Å². The van der Waals surface area contributed by atoms with Crippen molar-refractivity contribution in [3.8, 4) is 0 Å². The summed E-state index contributed by atoms with van der Waals surface area (Å²) in [5.41, 5.74) is 2.20. The van der Waals surface area contributed by atoms with Gasteiger partial charge in [-0.1, -0.05) is 43.1 Å². The molecule has 5 nitrogen and oxygen atoms in total. The Hall–Kier alpha value is -1.59. The minimum atomic E-state index is -0.114. The minimum Gasteiger partial charge on any atom is -0.330 e. The van der Waals surface area contributed by atoms with Crippen molar-refractivity contribution in [2.75, 3.05) is 6.54 Å². The van der Waals surface area contributed by atoms with E-state index < -0.39 is 0 Å². The first-order chi connectivity index (χ1) is 11.9. The Labute approximate surface area is 157 Å². The summed E-state index contributed by atoms with van der Waals surface area (Å²) >= 11 is 12.6. The van der Waals surface area contributed by atoms with Gasteiger partial charge in [-0.3, -0.25) is 9.48 Å². The molecule has 0 saturated carbocycles. The molecule has 2 aromatic heterocycles. The van der Waals surface area contributed by atoms with E-state index in [2.05, 4.69) is 23.9 Å². The molecule has 25 heavy (non-hydrogen) atoms. The van der Waals surface area contributed by atoms with Gasteiger partial charge >= 0.3 is 0 Å². The van der Waals surface area contributed by atoms with E-state index in [1.165, 1.54) is 0 Å². The lowest BCUT2D eigenvalue weighted by atomic mass is 10.1. The fraction of sp³-hybridized carbons (Fsp3) is 0.500. The van der Waals surface area contributed by atoms with Crippen molar-refractivity contribution in [3.05, 3.63) is 45.5 Å². The van der Waals surface area contributed by atoms with Gasteiger partial charge in [0.05, 0.1) is 11.7 Å². The second-order valence-corrected chi connectivity index (χ2v) is 7.61. The largest absolute Gasteiger partial charge is 0.330 e. The number of likely N-dealkylation sites (tertiary alicyclic amines) is 1. The van der Waals surface area contributed by atoms with Crippen LogP contribution >= 0.6 is 23.2 Å². The van der Waals surface area contributed by atoms with E-state index in [4.69, 9.17) is 23.2 Å². The third-order valence-electron chi connectivity index (χ3n) is 4.43. The molecule has 0 aliphatic carbocycles. The smallest absolute Gasteiger partial charge is 0.273 e. The number of halogens is 2. The first-order valence-electron chi connectivity index (χ1n) is 8.54. The van der Waals surface area contributed by atoms with Gasteiger partial charge in [0.15, 0.2) is 0 Å². The van der Waals surface area contributed by atoms with Gasteiger partial charge in [0.25, 0.3) is 5.91 Å². The van der Waals surface area contributed by atoms with E-state index in [9.17, 15) is 4.79 Å². The number of rotatable bonds is 4. The first-order valence-corrected chi connectivity index (χ1v) is 9.30. The molecule has 1 fully saturated rings. The zero-order valence-corrected chi connectivity index (χ0v) is 16.2. The minimum absolute atomic E-state index is 0.0679. The molecule has 1 aliphatic heterocycles. The SMILES string of the molecule is Cc1nn(CC(C)C)c(Cl)c1[C@@H]1CCCN1C(=O)c1cccc(Cl)n1. The van der Waals surface area contributed by atoms with Crippen LogP contribution in [0.5, 0.6) is 0 Å². The maximum atomic E-state index is 12.9. The summed E-state index contributed by atoms with van der Waals surface area (Å²) in [6, 6.07) is 5.03. The van der Waals surface area contributed by atoms with Gasteiger partial charge in [0, 0.05) is 18.7 Å². The molecule has 0 aromatic carbocycles. The molecular formula is C18H22Cl2N4O. The number of amides is 1. The van der Waals surface area contributed by atoms with Crippen molar-refractivity contribution < 1.29 is 4.79 Å². The van der Waals surface area contributed by atoms with Crippen molar-refractivity contribution in [3.63, 3.8) is 0 Å². The molecule has 0 radical (unpaired) electrons. The van der Waals surface area contributed by atoms with Crippen molar-refractivity contribution in [1.29, 1.82) is 0 Å². The lowest BCUT2D eigenvalue weighted by Gasteiger charge is -2.24. The zero-order valence-electron chi connectivity index (χ0n) is 14.7. The lowest BCUT2D eigenvalue weighted by molar-refractivity contribution is 0.0729. The van der Waals surface area contributed by atoms with Crippen LogP contribution < -0.4 is 0 Å². The Morgan fingerprint density at radius 3 is 2.80 bits per heavy atom. The second kappa shape index (κ2) is 7.34. The van der Waals surface area contributed by atoms with Gasteiger partial charge in [-0.05, 0) is 37.8 Å². The Morgan fingerprint density at radius 1 is 1.36 bits per heavy atom. The molecule has 0 N–H and O–H groups in total. The first kappa shape index (κ1) is 18.2. The lowest BCUT2D eigenvalue weighted by Crippen LogP contribution is -2.31. The van der Waals surface area contributed by atoms with Crippen LogP contribution in [0, 0.1) is 12.8 Å². The number of hydrogen-bond acceptors (Lipinski definition) is 3. The van der Waals surface area contributed by atoms with Gasteiger partial charge < -0.3 is 4.90 Å². The third-order valence-corrected chi connectivity index (χ3v) is 5.04. The fourth-order valence-corrected chi connectivity index (χ4v) is 3.93. The van der Waals surface area contributed by atoms with Crippen molar-refractivity contribution >= 4 is 29.1 Å². The molecule has 7 heteroatoms. The number of pyridine rings is 1. The van der Waals surface area contributed by atoms with Gasteiger partial charge in [-0.2, -0.15) is 5.10 Å². The standard InChI is InChI=1S/C18H22Cl2N4O/c1-11(2)10-24-17(20)16(12(3)22-24)14-7-5-9-23(14)18(25)13-6-4-8-15(19)21-13/h4,6,8,11,14H,5,7,9-10H2,1-3H3/t14-/m0/s1. The Morgan fingerprint density at radius 2 is 2.12 bits per heavy atom. The van der Waals surface area contributed by atoms with E-state index in [0.717, 1.165) is 30.6 Å². The Bertz CT molecular complexity index is 787. The van der Waals surface area contributed by atoms with Gasteiger partial charge in [0.1, 0.15) is 16.0 Å². The molecule has 0 unspecified atom stereocenters. The molecular weight excluding hydrogens is 359 g/mol. The summed E-state index contributed by atoms with van der Waals surface area (Å²) in [6.45, 7) is 7.65. The van der Waals surface area contributed by atoms with Gasteiger partial charge in [0.2, 0.25) is 0 Å². The highest BCUT2D eigenvalue weighted by molar-refractivity contribution is 6.30. The van der Waals surface area contributed by atoms with E-state index >= 15 is 0 Å². The molecule has 3 heterocycles. The molecule has 1 saturated heterocycles. The number of carbonyl (C=O) groups is 1. The van der Waals surface area contributed by atoms with E-state index in [1.807, 2.05) is 16.5 Å². The fourth-order valence-electron chi connectivity index (χ4n) is 3.40. The number of nitrogens with zero attached hydrogens (tertiary/aromatic N) is 4. The average Bonchev–Trinajstić information content (AvgIpc) is 3.11. The third kappa shape index (κ3) is 3.67. The van der Waals surface area contributed by atoms with E-state index in [-0.39, 0.29) is 11.9 Å². The molecule has 1 aliphatic rings. The molecule has 1 amide bonds. The van der Waals surface area contributed by atoms with Crippen LogP contribution in [-0.2, 0) is 6.54 Å². The quantitative estimate of drug-likeness (QED) is 0.732. The van der Waals surface area contributed by atoms with Crippen molar-refractivity contribution in [1.82, 2.24) is 19.7 Å². The highest BCUT2D eigenvalue weighted by Crippen LogP contribution is 2.38. The average molecular weight is 381 g/mol. The zero-order chi connectivity index (χ0) is 18.1. The summed E-state index contributed by atoms with van der Waals surface area (Å²) in [5, 5.41) is 5.54. The highest BCUT2D eigenvalue weighted by atomic mass is 35.5. The van der Waals surface area contributed by atoms with E-state index in [0.29, 0.717) is 28.5 Å². The van der Waals surface area contributed by atoms with Crippen LogP contribution in [-0.4, -0.2) is 32.1 Å². The van der Waals surface area contributed by atoms with Crippen molar-refractivity contribution in [2.45, 2.75) is 46.2 Å². The summed E-state index contributed by atoms with van der Waals surface area (Å²) in [4.78, 5) is 18.9. The van der Waals surface area contributed by atoms with Crippen LogP contribution in [0.15, 0.2) is 18.2 Å². The number of aryl methyl sites for hydroxylation is 1. The number of aromatic nitrogens is 3. The summed E-state index contributed by atoms with van der Waals surface area (Å²) in [5.74, 6) is 0.332. The maximum absolute atomic E-state index is 12.9. The predicted octanol–water partition coefficient (Wildman–Crippen LogP) is 4.53. The monoisotopic (exact) mass is 380 g/mol. The van der Waals surface area contributed by atoms with E-state index in [1.54, 1.807) is 18.2 Å². The summed E-state index contributed by atoms with van der Waals surface area (Å²) < 4.78 is 1.84. The predicted molar refractivity (Wildman–Crippen MR) is 99.1 cm³/mol.